The Hall–Kier alpha value is -2.04. The molecule has 0 aliphatic carbocycles. The van der Waals surface area contributed by atoms with Gasteiger partial charge >= 0.3 is 0 Å². The summed E-state index contributed by atoms with van der Waals surface area (Å²) in [5.41, 5.74) is 3.57. The summed E-state index contributed by atoms with van der Waals surface area (Å²) in [7, 11) is 0. The van der Waals surface area contributed by atoms with Gasteiger partial charge in [-0.3, -0.25) is 0 Å². The number of hydrogen-bond donors (Lipinski definition) is 0. The van der Waals surface area contributed by atoms with E-state index in [-0.39, 0.29) is 0 Å². The van der Waals surface area contributed by atoms with E-state index in [1.165, 1.54) is 0 Å². The van der Waals surface area contributed by atoms with Gasteiger partial charge in [0.05, 0.1) is 0 Å². The minimum atomic E-state index is 0.742. The Bertz CT molecular complexity index is 1030. The maximum atomic E-state index is 6.26. The number of hydrogen-bond acceptors (Lipinski definition) is 4. The first-order valence-electron chi connectivity index (χ1n) is 7.80. The van der Waals surface area contributed by atoms with Crippen LogP contribution in [0.5, 0.6) is 0 Å². The zero-order chi connectivity index (χ0) is 16.5. The van der Waals surface area contributed by atoms with Gasteiger partial charge in [0.25, 0.3) is 0 Å². The molecule has 0 unspecified atom stereocenters. The van der Waals surface area contributed by atoms with Crippen molar-refractivity contribution >= 4 is 45.4 Å². The molecule has 4 rings (SSSR count). The molecular formula is C19H15ClN2OS. The van der Waals surface area contributed by atoms with E-state index in [9.17, 15) is 0 Å². The van der Waals surface area contributed by atoms with Crippen LogP contribution < -0.4 is 0 Å². The van der Waals surface area contributed by atoms with Crippen molar-refractivity contribution in [2.45, 2.75) is 24.1 Å². The number of aromatic nitrogens is 2. The van der Waals surface area contributed by atoms with Gasteiger partial charge in [0.15, 0.2) is 5.58 Å². The van der Waals surface area contributed by atoms with E-state index in [1.54, 1.807) is 11.8 Å². The number of fused-ring (bicyclic) bond motifs is 3. The second-order valence-corrected chi connectivity index (χ2v) is 6.83. The molecule has 0 amide bonds. The second kappa shape index (κ2) is 6.46. The molecular weight excluding hydrogens is 340 g/mol. The summed E-state index contributed by atoms with van der Waals surface area (Å²) >= 11 is 7.89. The molecule has 2 aromatic carbocycles. The summed E-state index contributed by atoms with van der Waals surface area (Å²) in [6.45, 7) is 2.06. The van der Waals surface area contributed by atoms with Gasteiger partial charge < -0.3 is 4.42 Å². The van der Waals surface area contributed by atoms with Crippen LogP contribution in [0.4, 0.5) is 0 Å². The topological polar surface area (TPSA) is 38.9 Å². The third kappa shape index (κ3) is 2.76. The lowest BCUT2D eigenvalue weighted by atomic mass is 10.2. The van der Waals surface area contributed by atoms with Crippen molar-refractivity contribution in [2.75, 3.05) is 0 Å². The average Bonchev–Trinajstić information content (AvgIpc) is 2.99. The number of halogens is 1. The minimum absolute atomic E-state index is 0.742. The zero-order valence-electron chi connectivity index (χ0n) is 13.1. The monoisotopic (exact) mass is 354 g/mol. The Morgan fingerprint density at radius 2 is 1.83 bits per heavy atom. The van der Waals surface area contributed by atoms with Crippen LogP contribution in [-0.2, 0) is 12.2 Å². The molecule has 120 valence electrons. The normalized spacial score (nSPS) is 11.4. The van der Waals surface area contributed by atoms with Crippen molar-refractivity contribution in [2.24, 2.45) is 0 Å². The third-order valence-electron chi connectivity index (χ3n) is 3.87. The number of furan rings is 1. The molecule has 0 fully saturated rings. The predicted molar refractivity (Wildman–Crippen MR) is 99.7 cm³/mol. The van der Waals surface area contributed by atoms with Crippen LogP contribution in [0.15, 0.2) is 58.0 Å². The number of aryl methyl sites for hydroxylation is 1. The summed E-state index contributed by atoms with van der Waals surface area (Å²) in [6, 6.07) is 15.8. The van der Waals surface area contributed by atoms with Crippen LogP contribution in [-0.4, -0.2) is 9.97 Å². The Kier molecular flexibility index (Phi) is 4.17. The van der Waals surface area contributed by atoms with E-state index in [0.29, 0.717) is 0 Å². The number of benzene rings is 2. The van der Waals surface area contributed by atoms with Crippen LogP contribution in [0.3, 0.4) is 0 Å². The molecule has 0 saturated carbocycles. The largest absolute Gasteiger partial charge is 0.451 e. The highest BCUT2D eigenvalue weighted by molar-refractivity contribution is 7.98. The van der Waals surface area contributed by atoms with Crippen molar-refractivity contribution in [1.82, 2.24) is 9.97 Å². The molecule has 0 radical (unpaired) electrons. The molecule has 0 atom stereocenters. The van der Waals surface area contributed by atoms with Crippen molar-refractivity contribution in [1.29, 1.82) is 0 Å². The number of thioether (sulfide) groups is 1. The maximum Gasteiger partial charge on any atom is 0.186 e. The van der Waals surface area contributed by atoms with Crippen molar-refractivity contribution in [3.05, 3.63) is 64.9 Å². The molecule has 5 heteroatoms. The van der Waals surface area contributed by atoms with Gasteiger partial charge in [-0.25, -0.2) is 9.97 Å². The molecule has 3 nitrogen and oxygen atoms in total. The molecule has 0 spiro atoms. The molecule has 2 heterocycles. The smallest absolute Gasteiger partial charge is 0.186 e. The van der Waals surface area contributed by atoms with Crippen LogP contribution >= 0.6 is 23.4 Å². The van der Waals surface area contributed by atoms with Crippen molar-refractivity contribution in [3.63, 3.8) is 0 Å². The quantitative estimate of drug-likeness (QED) is 0.338. The van der Waals surface area contributed by atoms with Gasteiger partial charge in [0, 0.05) is 22.6 Å². The van der Waals surface area contributed by atoms with Gasteiger partial charge in [-0.05, 0) is 23.8 Å². The highest BCUT2D eigenvalue weighted by Gasteiger charge is 2.16. The van der Waals surface area contributed by atoms with Crippen LogP contribution in [0.25, 0.3) is 22.1 Å². The van der Waals surface area contributed by atoms with E-state index < -0.39 is 0 Å². The van der Waals surface area contributed by atoms with Gasteiger partial charge in [-0.15, -0.1) is 0 Å². The lowest BCUT2D eigenvalue weighted by molar-refractivity contribution is 0.651. The van der Waals surface area contributed by atoms with Crippen LogP contribution in [0, 0.1) is 0 Å². The fourth-order valence-corrected chi connectivity index (χ4v) is 3.89. The molecule has 0 aliphatic heterocycles. The standard InChI is InChI=1S/C19H15ClN2OS/c1-2-16-21-17-13-8-4-6-10-15(13)23-18(17)19(22-16)24-11-12-7-3-5-9-14(12)20/h3-10H,2,11H2,1H3. The molecule has 0 saturated heterocycles. The first-order chi connectivity index (χ1) is 11.8. The fraction of sp³-hybridized carbons (Fsp3) is 0.158. The van der Waals surface area contributed by atoms with Crippen molar-refractivity contribution < 1.29 is 4.42 Å². The lowest BCUT2D eigenvalue weighted by Crippen LogP contribution is -1.95. The Labute approximate surface area is 149 Å². The summed E-state index contributed by atoms with van der Waals surface area (Å²) in [5, 5.41) is 2.67. The van der Waals surface area contributed by atoms with E-state index in [4.69, 9.17) is 16.0 Å². The number of para-hydroxylation sites is 1. The molecule has 2 aromatic heterocycles. The number of nitrogens with zero attached hydrogens (tertiary/aromatic N) is 2. The highest BCUT2D eigenvalue weighted by atomic mass is 35.5. The molecule has 4 aromatic rings. The van der Waals surface area contributed by atoms with Gasteiger partial charge in [-0.1, -0.05) is 60.6 Å². The first kappa shape index (κ1) is 15.5. The molecule has 0 aliphatic rings. The predicted octanol–water partition coefficient (Wildman–Crippen LogP) is 5.88. The fourth-order valence-electron chi connectivity index (χ4n) is 2.63. The second-order valence-electron chi connectivity index (χ2n) is 5.45. The molecule has 0 bridgehead atoms. The van der Waals surface area contributed by atoms with Crippen LogP contribution in [0.2, 0.25) is 5.02 Å². The van der Waals surface area contributed by atoms with E-state index in [0.717, 1.165) is 55.7 Å². The first-order valence-corrected chi connectivity index (χ1v) is 9.17. The molecule has 0 N–H and O–H groups in total. The third-order valence-corrected chi connectivity index (χ3v) is 5.25. The van der Waals surface area contributed by atoms with E-state index in [1.807, 2.05) is 48.5 Å². The minimum Gasteiger partial charge on any atom is -0.451 e. The SMILES string of the molecule is CCc1nc(SCc2ccccc2Cl)c2oc3ccccc3c2n1. The van der Waals surface area contributed by atoms with E-state index >= 15 is 0 Å². The van der Waals surface area contributed by atoms with Crippen LogP contribution in [0.1, 0.15) is 18.3 Å². The highest BCUT2D eigenvalue weighted by Crippen LogP contribution is 2.35. The lowest BCUT2D eigenvalue weighted by Gasteiger charge is -2.05. The van der Waals surface area contributed by atoms with Crippen molar-refractivity contribution in [3.8, 4) is 0 Å². The Morgan fingerprint density at radius 3 is 2.67 bits per heavy atom. The Morgan fingerprint density at radius 1 is 1.04 bits per heavy atom. The van der Waals surface area contributed by atoms with Gasteiger partial charge in [-0.2, -0.15) is 0 Å². The van der Waals surface area contributed by atoms with E-state index in [2.05, 4.69) is 16.9 Å². The zero-order valence-corrected chi connectivity index (χ0v) is 14.7. The van der Waals surface area contributed by atoms with Gasteiger partial charge in [0.2, 0.25) is 0 Å². The summed E-state index contributed by atoms with van der Waals surface area (Å²) in [5.74, 6) is 1.57. The summed E-state index contributed by atoms with van der Waals surface area (Å²) in [6.07, 6.45) is 0.787. The Balaban J connectivity index is 1.80. The molecule has 24 heavy (non-hydrogen) atoms. The average molecular weight is 355 g/mol. The maximum absolute atomic E-state index is 6.26. The van der Waals surface area contributed by atoms with Gasteiger partial charge in [0.1, 0.15) is 22.0 Å². The number of rotatable bonds is 4. The summed E-state index contributed by atoms with van der Waals surface area (Å²) < 4.78 is 6.02. The summed E-state index contributed by atoms with van der Waals surface area (Å²) in [4.78, 5) is 9.35.